The predicted molar refractivity (Wildman–Crippen MR) is 98.4 cm³/mol. The van der Waals surface area contributed by atoms with Gasteiger partial charge in [0.2, 0.25) is 0 Å². The standard InChI is InChI=1S/C19H17N5O/c25-19-14-12-20-15-8-9-16(23-10-4-5-11-23)21-18(15)17(14)22-24(19)13-6-2-1-3-7-13/h1-3,6-9,12,22H,4-5,10-11H2. The topological polar surface area (TPSA) is 66.8 Å². The summed E-state index contributed by atoms with van der Waals surface area (Å²) in [7, 11) is 0. The molecule has 4 aromatic rings. The number of hydrogen-bond acceptors (Lipinski definition) is 4. The highest BCUT2D eigenvalue weighted by Gasteiger charge is 2.17. The zero-order valence-electron chi connectivity index (χ0n) is 13.6. The first-order valence-electron chi connectivity index (χ1n) is 8.52. The molecular weight excluding hydrogens is 314 g/mol. The number of fused-ring (bicyclic) bond motifs is 3. The molecule has 0 aliphatic carbocycles. The molecule has 0 spiro atoms. The molecule has 1 aromatic carbocycles. The van der Waals surface area contributed by atoms with Crippen LogP contribution in [0.15, 0.2) is 53.5 Å². The van der Waals surface area contributed by atoms with E-state index in [0.29, 0.717) is 5.39 Å². The summed E-state index contributed by atoms with van der Waals surface area (Å²) in [5.41, 5.74) is 2.96. The Hall–Kier alpha value is -3.15. The molecular formula is C19H17N5O. The lowest BCUT2D eigenvalue weighted by molar-refractivity contribution is 0.864. The van der Waals surface area contributed by atoms with Gasteiger partial charge >= 0.3 is 0 Å². The van der Waals surface area contributed by atoms with Gasteiger partial charge in [-0.2, -0.15) is 0 Å². The number of para-hydroxylation sites is 1. The number of hydrogen-bond donors (Lipinski definition) is 1. The lowest BCUT2D eigenvalue weighted by Gasteiger charge is -2.16. The van der Waals surface area contributed by atoms with Crippen LogP contribution in [0.3, 0.4) is 0 Å². The molecule has 0 amide bonds. The molecule has 1 N–H and O–H groups in total. The molecule has 0 saturated carbocycles. The minimum Gasteiger partial charge on any atom is -0.357 e. The van der Waals surface area contributed by atoms with E-state index in [0.717, 1.165) is 41.1 Å². The van der Waals surface area contributed by atoms with Gasteiger partial charge in [0, 0.05) is 19.3 Å². The number of nitrogens with zero attached hydrogens (tertiary/aromatic N) is 4. The number of H-pyrrole nitrogens is 1. The molecule has 3 aromatic heterocycles. The summed E-state index contributed by atoms with van der Waals surface area (Å²) in [5, 5.41) is 3.78. The van der Waals surface area contributed by atoms with Crippen LogP contribution < -0.4 is 10.5 Å². The van der Waals surface area contributed by atoms with Gasteiger partial charge in [0.05, 0.1) is 22.1 Å². The number of anilines is 1. The third-order valence-corrected chi connectivity index (χ3v) is 4.80. The maximum absolute atomic E-state index is 12.8. The first kappa shape index (κ1) is 14.2. The smallest absolute Gasteiger partial charge is 0.280 e. The van der Waals surface area contributed by atoms with E-state index in [4.69, 9.17) is 4.98 Å². The highest BCUT2D eigenvalue weighted by atomic mass is 16.1. The molecule has 5 rings (SSSR count). The van der Waals surface area contributed by atoms with E-state index < -0.39 is 0 Å². The number of rotatable bonds is 2. The first-order valence-corrected chi connectivity index (χ1v) is 8.52. The quantitative estimate of drug-likeness (QED) is 0.613. The average molecular weight is 331 g/mol. The zero-order chi connectivity index (χ0) is 16.8. The minimum absolute atomic E-state index is 0.107. The number of benzene rings is 1. The molecule has 1 saturated heterocycles. The van der Waals surface area contributed by atoms with Crippen molar-refractivity contribution in [2.24, 2.45) is 0 Å². The van der Waals surface area contributed by atoms with Gasteiger partial charge in [0.15, 0.2) is 0 Å². The SMILES string of the molecule is O=c1c2cnc3ccc(N4CCCC4)nc3c2[nH]n1-c1ccccc1. The zero-order valence-corrected chi connectivity index (χ0v) is 13.6. The Morgan fingerprint density at radius 3 is 2.60 bits per heavy atom. The second kappa shape index (κ2) is 5.44. The third kappa shape index (κ3) is 2.21. The fourth-order valence-electron chi connectivity index (χ4n) is 3.50. The Morgan fingerprint density at radius 2 is 1.80 bits per heavy atom. The van der Waals surface area contributed by atoms with Crippen molar-refractivity contribution in [1.29, 1.82) is 0 Å². The van der Waals surface area contributed by atoms with Crippen LogP contribution in [0.2, 0.25) is 0 Å². The van der Waals surface area contributed by atoms with Gasteiger partial charge in [-0.3, -0.25) is 14.9 Å². The van der Waals surface area contributed by atoms with Crippen molar-refractivity contribution in [1.82, 2.24) is 19.7 Å². The van der Waals surface area contributed by atoms with Crippen LogP contribution in [0.1, 0.15) is 12.8 Å². The van der Waals surface area contributed by atoms with E-state index in [2.05, 4.69) is 15.0 Å². The Balaban J connectivity index is 1.76. The molecule has 1 aliphatic heterocycles. The van der Waals surface area contributed by atoms with Gasteiger partial charge in [-0.1, -0.05) is 18.2 Å². The van der Waals surface area contributed by atoms with Crippen LogP contribution in [-0.2, 0) is 0 Å². The van der Waals surface area contributed by atoms with Crippen molar-refractivity contribution in [3.63, 3.8) is 0 Å². The summed E-state index contributed by atoms with van der Waals surface area (Å²) in [6.45, 7) is 2.06. The lowest BCUT2D eigenvalue weighted by atomic mass is 10.2. The van der Waals surface area contributed by atoms with Crippen molar-refractivity contribution in [2.45, 2.75) is 12.8 Å². The molecule has 0 radical (unpaired) electrons. The molecule has 0 unspecified atom stereocenters. The van der Waals surface area contributed by atoms with Crippen molar-refractivity contribution >= 4 is 27.8 Å². The maximum Gasteiger partial charge on any atom is 0.280 e. The summed E-state index contributed by atoms with van der Waals surface area (Å²) < 4.78 is 1.55. The summed E-state index contributed by atoms with van der Waals surface area (Å²) >= 11 is 0. The van der Waals surface area contributed by atoms with Gasteiger partial charge in [-0.15, -0.1) is 0 Å². The molecule has 0 atom stereocenters. The van der Waals surface area contributed by atoms with Crippen LogP contribution >= 0.6 is 0 Å². The fraction of sp³-hybridized carbons (Fsp3) is 0.211. The van der Waals surface area contributed by atoms with E-state index >= 15 is 0 Å². The van der Waals surface area contributed by atoms with Gasteiger partial charge in [-0.25, -0.2) is 9.67 Å². The van der Waals surface area contributed by atoms with Gasteiger partial charge in [0.1, 0.15) is 11.3 Å². The van der Waals surface area contributed by atoms with E-state index in [1.807, 2.05) is 42.5 Å². The van der Waals surface area contributed by atoms with Crippen LogP contribution in [0.4, 0.5) is 5.82 Å². The molecule has 25 heavy (non-hydrogen) atoms. The second-order valence-electron chi connectivity index (χ2n) is 6.37. The van der Waals surface area contributed by atoms with E-state index in [9.17, 15) is 4.79 Å². The van der Waals surface area contributed by atoms with E-state index in [-0.39, 0.29) is 5.56 Å². The molecule has 4 heterocycles. The molecule has 6 heteroatoms. The fourth-order valence-corrected chi connectivity index (χ4v) is 3.50. The third-order valence-electron chi connectivity index (χ3n) is 4.80. The predicted octanol–water partition coefficient (Wildman–Crippen LogP) is 2.86. The van der Waals surface area contributed by atoms with E-state index in [1.54, 1.807) is 10.9 Å². The van der Waals surface area contributed by atoms with Crippen molar-refractivity contribution < 1.29 is 0 Å². The van der Waals surface area contributed by atoms with Gasteiger partial charge in [0.25, 0.3) is 5.56 Å². The van der Waals surface area contributed by atoms with Crippen molar-refractivity contribution in [2.75, 3.05) is 18.0 Å². The molecule has 0 bridgehead atoms. The Bertz CT molecular complexity index is 1120. The molecule has 1 aliphatic rings. The first-order chi connectivity index (χ1) is 12.3. The van der Waals surface area contributed by atoms with Crippen LogP contribution in [-0.4, -0.2) is 32.8 Å². The number of aromatic nitrogens is 4. The lowest BCUT2D eigenvalue weighted by Crippen LogP contribution is -2.18. The second-order valence-corrected chi connectivity index (χ2v) is 6.37. The van der Waals surface area contributed by atoms with Crippen LogP contribution in [0.25, 0.3) is 27.6 Å². The minimum atomic E-state index is -0.107. The van der Waals surface area contributed by atoms with Gasteiger partial charge in [-0.05, 0) is 37.1 Å². The highest BCUT2D eigenvalue weighted by molar-refractivity contribution is 6.00. The Kier molecular flexibility index (Phi) is 3.09. The number of aromatic amines is 1. The average Bonchev–Trinajstić information content (AvgIpc) is 3.31. The van der Waals surface area contributed by atoms with E-state index in [1.165, 1.54) is 12.8 Å². The normalized spacial score (nSPS) is 14.6. The largest absolute Gasteiger partial charge is 0.357 e. The highest BCUT2D eigenvalue weighted by Crippen LogP contribution is 2.24. The molecule has 1 fully saturated rings. The number of pyridine rings is 2. The summed E-state index contributed by atoms with van der Waals surface area (Å²) in [4.78, 5) is 24.3. The Labute approximate surface area is 143 Å². The monoisotopic (exact) mass is 331 g/mol. The summed E-state index contributed by atoms with van der Waals surface area (Å²) in [6, 6.07) is 13.5. The number of nitrogens with one attached hydrogen (secondary N) is 1. The summed E-state index contributed by atoms with van der Waals surface area (Å²) in [6.07, 6.45) is 4.03. The van der Waals surface area contributed by atoms with Crippen LogP contribution in [0.5, 0.6) is 0 Å². The van der Waals surface area contributed by atoms with Crippen molar-refractivity contribution in [3.05, 3.63) is 59.0 Å². The Morgan fingerprint density at radius 1 is 1.00 bits per heavy atom. The van der Waals surface area contributed by atoms with Crippen molar-refractivity contribution in [3.8, 4) is 5.69 Å². The van der Waals surface area contributed by atoms with Crippen LogP contribution in [0, 0.1) is 0 Å². The molecule has 6 nitrogen and oxygen atoms in total. The summed E-state index contributed by atoms with van der Waals surface area (Å²) in [5.74, 6) is 0.951. The molecule has 124 valence electrons. The van der Waals surface area contributed by atoms with Gasteiger partial charge < -0.3 is 4.90 Å². The maximum atomic E-state index is 12.8.